The van der Waals surface area contributed by atoms with E-state index in [2.05, 4.69) is 34.0 Å². The van der Waals surface area contributed by atoms with Gasteiger partial charge in [0.15, 0.2) is 0 Å². The molecule has 0 bridgehead atoms. The van der Waals surface area contributed by atoms with Gasteiger partial charge in [-0.2, -0.15) is 11.8 Å². The third kappa shape index (κ3) is 3.95. The first-order chi connectivity index (χ1) is 8.51. The Hall–Kier alpha value is -0.100. The summed E-state index contributed by atoms with van der Waals surface area (Å²) in [6, 6.07) is 5.43. The number of hydrogen-bond donors (Lipinski definition) is 1. The molecule has 0 aliphatic rings. The third-order valence-corrected chi connectivity index (χ3v) is 4.45. The largest absolute Gasteiger partial charge is 0.329 e. The Kier molecular flexibility index (Phi) is 6.63. The molecule has 0 amide bonds. The van der Waals surface area contributed by atoms with Crippen LogP contribution in [0.15, 0.2) is 22.7 Å². The lowest BCUT2D eigenvalue weighted by molar-refractivity contribution is 0.200. The van der Waals surface area contributed by atoms with Crippen molar-refractivity contribution in [1.29, 1.82) is 0 Å². The van der Waals surface area contributed by atoms with Crippen LogP contribution >= 0.6 is 27.7 Å². The van der Waals surface area contributed by atoms with E-state index < -0.39 is 0 Å². The van der Waals surface area contributed by atoms with Crippen LogP contribution in [0.3, 0.4) is 0 Å². The maximum Gasteiger partial charge on any atom is 0.129 e. The normalized spacial score (nSPS) is 14.8. The van der Waals surface area contributed by atoms with Crippen molar-refractivity contribution in [1.82, 2.24) is 4.90 Å². The average Bonchev–Trinajstić information content (AvgIpc) is 2.32. The molecule has 2 atom stereocenters. The van der Waals surface area contributed by atoms with Crippen molar-refractivity contribution in [2.45, 2.75) is 19.0 Å². The molecular weight excluding hydrogens is 315 g/mol. The Morgan fingerprint density at radius 1 is 1.50 bits per heavy atom. The summed E-state index contributed by atoms with van der Waals surface area (Å²) in [5, 5.41) is 0. The second kappa shape index (κ2) is 7.48. The van der Waals surface area contributed by atoms with Crippen LogP contribution in [0.25, 0.3) is 0 Å². The van der Waals surface area contributed by atoms with Crippen molar-refractivity contribution in [3.05, 3.63) is 34.1 Å². The van der Waals surface area contributed by atoms with E-state index in [0.717, 1.165) is 10.2 Å². The summed E-state index contributed by atoms with van der Waals surface area (Å²) in [5.41, 5.74) is 6.48. The van der Waals surface area contributed by atoms with Gasteiger partial charge in [-0.25, -0.2) is 4.39 Å². The summed E-state index contributed by atoms with van der Waals surface area (Å²) in [4.78, 5) is 2.14. The van der Waals surface area contributed by atoms with Gasteiger partial charge in [0, 0.05) is 34.4 Å². The lowest BCUT2D eigenvalue weighted by Crippen LogP contribution is -2.38. The highest BCUT2D eigenvalue weighted by Gasteiger charge is 2.22. The summed E-state index contributed by atoms with van der Waals surface area (Å²) in [7, 11) is 2.00. The standard InChI is InChI=1S/C13H20BrFN2S/c1-9(8-18-3)17(2)13(7-16)11-5-4-10(14)6-12(11)15/h4-6,9,13H,7-8,16H2,1-3H3. The van der Waals surface area contributed by atoms with Crippen LogP contribution in [-0.4, -0.2) is 36.5 Å². The molecule has 1 rings (SSSR count). The fourth-order valence-corrected chi connectivity index (χ4v) is 3.00. The molecule has 2 N–H and O–H groups in total. The minimum atomic E-state index is -0.206. The number of nitrogens with two attached hydrogens (primary N) is 1. The van der Waals surface area contributed by atoms with Gasteiger partial charge < -0.3 is 5.73 Å². The zero-order chi connectivity index (χ0) is 13.7. The van der Waals surface area contributed by atoms with Gasteiger partial charge in [-0.1, -0.05) is 22.0 Å². The van der Waals surface area contributed by atoms with Gasteiger partial charge in [0.2, 0.25) is 0 Å². The predicted octanol–water partition coefficient (Wildman–Crippen LogP) is 3.27. The summed E-state index contributed by atoms with van der Waals surface area (Å²) < 4.78 is 14.7. The van der Waals surface area contributed by atoms with Gasteiger partial charge in [-0.3, -0.25) is 4.90 Å². The number of thioether (sulfide) groups is 1. The van der Waals surface area contributed by atoms with E-state index in [0.29, 0.717) is 18.2 Å². The molecule has 0 aromatic heterocycles. The Morgan fingerprint density at radius 3 is 2.67 bits per heavy atom. The zero-order valence-corrected chi connectivity index (χ0v) is 13.4. The van der Waals surface area contributed by atoms with E-state index in [9.17, 15) is 4.39 Å². The highest BCUT2D eigenvalue weighted by atomic mass is 79.9. The molecular formula is C13H20BrFN2S. The number of halogens is 2. The van der Waals surface area contributed by atoms with E-state index >= 15 is 0 Å². The zero-order valence-electron chi connectivity index (χ0n) is 11.0. The highest BCUT2D eigenvalue weighted by molar-refractivity contribution is 9.10. The number of hydrogen-bond acceptors (Lipinski definition) is 3. The fraction of sp³-hybridized carbons (Fsp3) is 0.538. The van der Waals surface area contributed by atoms with Crippen molar-refractivity contribution in [3.63, 3.8) is 0 Å². The van der Waals surface area contributed by atoms with E-state index in [-0.39, 0.29) is 11.9 Å². The monoisotopic (exact) mass is 334 g/mol. The molecule has 0 spiro atoms. The van der Waals surface area contributed by atoms with Crippen LogP contribution in [0.2, 0.25) is 0 Å². The summed E-state index contributed by atoms with van der Waals surface area (Å²) in [6.45, 7) is 2.55. The minimum Gasteiger partial charge on any atom is -0.329 e. The SMILES string of the molecule is CSCC(C)N(C)C(CN)c1ccc(Br)cc1F. The van der Waals surface area contributed by atoms with Gasteiger partial charge in [0.25, 0.3) is 0 Å². The summed E-state index contributed by atoms with van der Waals surface area (Å²) >= 11 is 5.05. The molecule has 0 saturated heterocycles. The Labute approximate surface area is 121 Å². The molecule has 0 aliphatic carbocycles. The Morgan fingerprint density at radius 2 is 2.17 bits per heavy atom. The molecule has 0 heterocycles. The van der Waals surface area contributed by atoms with Gasteiger partial charge in [-0.05, 0) is 32.4 Å². The van der Waals surface area contributed by atoms with Gasteiger partial charge >= 0.3 is 0 Å². The topological polar surface area (TPSA) is 29.3 Å². The van der Waals surface area contributed by atoms with E-state index in [1.165, 1.54) is 6.07 Å². The van der Waals surface area contributed by atoms with Crippen molar-refractivity contribution in [3.8, 4) is 0 Å². The van der Waals surface area contributed by atoms with Crippen LogP contribution in [0.5, 0.6) is 0 Å². The van der Waals surface area contributed by atoms with Crippen molar-refractivity contribution >= 4 is 27.7 Å². The van der Waals surface area contributed by atoms with E-state index in [1.807, 2.05) is 13.1 Å². The minimum absolute atomic E-state index is 0.0831. The molecule has 0 radical (unpaired) electrons. The Balaban J connectivity index is 2.94. The maximum atomic E-state index is 14.0. The Bertz CT molecular complexity index is 389. The molecule has 1 aromatic rings. The average molecular weight is 335 g/mol. The first kappa shape index (κ1) is 16.0. The molecule has 5 heteroatoms. The number of benzene rings is 1. The highest BCUT2D eigenvalue weighted by Crippen LogP contribution is 2.26. The van der Waals surface area contributed by atoms with E-state index in [4.69, 9.17) is 5.73 Å². The van der Waals surface area contributed by atoms with Gasteiger partial charge in [-0.15, -0.1) is 0 Å². The molecule has 0 saturated carbocycles. The second-order valence-corrected chi connectivity index (χ2v) is 6.21. The van der Waals surface area contributed by atoms with Crippen LogP contribution < -0.4 is 5.73 Å². The number of rotatable bonds is 6. The van der Waals surface area contributed by atoms with Gasteiger partial charge in [0.05, 0.1) is 0 Å². The number of nitrogens with zero attached hydrogens (tertiary/aromatic N) is 1. The molecule has 0 aliphatic heterocycles. The van der Waals surface area contributed by atoms with Gasteiger partial charge in [0.1, 0.15) is 5.82 Å². The van der Waals surface area contributed by atoms with Crippen LogP contribution in [0.1, 0.15) is 18.5 Å². The van der Waals surface area contributed by atoms with Crippen LogP contribution in [0.4, 0.5) is 4.39 Å². The molecule has 102 valence electrons. The van der Waals surface area contributed by atoms with Crippen LogP contribution in [-0.2, 0) is 0 Å². The van der Waals surface area contributed by atoms with E-state index in [1.54, 1.807) is 17.8 Å². The molecule has 1 aromatic carbocycles. The smallest absolute Gasteiger partial charge is 0.129 e. The summed E-state index contributed by atoms with van der Waals surface area (Å²) in [5.74, 6) is 0.800. The maximum absolute atomic E-state index is 14.0. The molecule has 2 unspecified atom stereocenters. The second-order valence-electron chi connectivity index (χ2n) is 4.39. The molecule has 2 nitrogen and oxygen atoms in total. The molecule has 0 fully saturated rings. The van der Waals surface area contributed by atoms with Crippen molar-refractivity contribution in [2.75, 3.05) is 25.6 Å². The summed E-state index contributed by atoms with van der Waals surface area (Å²) in [6.07, 6.45) is 2.07. The third-order valence-electron chi connectivity index (χ3n) is 3.14. The predicted molar refractivity (Wildman–Crippen MR) is 81.5 cm³/mol. The quantitative estimate of drug-likeness (QED) is 0.865. The fourth-order valence-electron chi connectivity index (χ4n) is 1.95. The first-order valence-electron chi connectivity index (χ1n) is 5.87. The van der Waals surface area contributed by atoms with Crippen LogP contribution in [0, 0.1) is 5.82 Å². The first-order valence-corrected chi connectivity index (χ1v) is 8.05. The molecule has 18 heavy (non-hydrogen) atoms. The lowest BCUT2D eigenvalue weighted by Gasteiger charge is -2.32. The van der Waals surface area contributed by atoms with Crippen molar-refractivity contribution in [2.24, 2.45) is 5.73 Å². The van der Waals surface area contributed by atoms with Crippen molar-refractivity contribution < 1.29 is 4.39 Å². The number of likely N-dealkylation sites (N-methyl/N-ethyl adjacent to an activating group) is 1. The lowest BCUT2D eigenvalue weighted by atomic mass is 10.0.